The molecule has 0 aromatic carbocycles. The second-order valence-corrected chi connectivity index (χ2v) is 3.99. The largest absolute Gasteiger partial charge is 0.409 e. The normalized spacial score (nSPS) is 11.3. The minimum atomic E-state index is -0.198. The van der Waals surface area contributed by atoms with Crippen molar-refractivity contribution in [2.45, 2.75) is 13.3 Å². The van der Waals surface area contributed by atoms with Crippen LogP contribution < -0.4 is 5.73 Å². The fraction of sp³-hybridized carbons (Fsp3) is 0.364. The number of oxime groups is 1. The number of halogens is 1. The Morgan fingerprint density at radius 1 is 1.67 bits per heavy atom. The van der Waals surface area contributed by atoms with E-state index in [0.29, 0.717) is 30.1 Å². The van der Waals surface area contributed by atoms with Gasteiger partial charge in [0.2, 0.25) is 0 Å². The predicted molar refractivity (Wildman–Crippen MR) is 68.9 cm³/mol. The summed E-state index contributed by atoms with van der Waals surface area (Å²) in [6.45, 7) is 2.72. The third-order valence-corrected chi connectivity index (χ3v) is 2.74. The Kier molecular flexibility index (Phi) is 5.38. The average Bonchev–Trinajstić information content (AvgIpc) is 2.39. The topological polar surface area (TPSA) is 91.8 Å². The van der Waals surface area contributed by atoms with Gasteiger partial charge in [-0.25, -0.2) is 0 Å². The zero-order valence-corrected chi connectivity index (χ0v) is 10.8. The molecular formula is C11H15ClN4O2. The van der Waals surface area contributed by atoms with E-state index in [2.05, 4.69) is 10.1 Å². The van der Waals surface area contributed by atoms with Gasteiger partial charge in [0.05, 0.1) is 10.6 Å². The first kappa shape index (κ1) is 14.2. The Bertz CT molecular complexity index is 450. The standard InChI is InChI=1S/C11H15ClN4O2/c1-2-16(6-4-10(13)15-18)11(17)8-3-5-14-7-9(8)12/h3,5,7,18H,2,4,6H2,1H3,(H2,13,15). The van der Waals surface area contributed by atoms with Crippen molar-refractivity contribution in [1.82, 2.24) is 9.88 Å². The lowest BCUT2D eigenvalue weighted by atomic mass is 10.2. The van der Waals surface area contributed by atoms with Crippen molar-refractivity contribution >= 4 is 23.3 Å². The van der Waals surface area contributed by atoms with E-state index in [1.807, 2.05) is 6.92 Å². The van der Waals surface area contributed by atoms with Crippen LogP contribution in [0.1, 0.15) is 23.7 Å². The van der Waals surface area contributed by atoms with Gasteiger partial charge < -0.3 is 15.8 Å². The molecule has 0 saturated heterocycles. The van der Waals surface area contributed by atoms with Gasteiger partial charge in [-0.05, 0) is 13.0 Å². The molecule has 1 heterocycles. The number of carbonyl (C=O) groups excluding carboxylic acids is 1. The van der Waals surface area contributed by atoms with Gasteiger partial charge in [0.25, 0.3) is 5.91 Å². The fourth-order valence-corrected chi connectivity index (χ4v) is 1.62. The van der Waals surface area contributed by atoms with Crippen LogP contribution >= 0.6 is 11.6 Å². The van der Waals surface area contributed by atoms with Crippen LogP contribution in [0, 0.1) is 0 Å². The van der Waals surface area contributed by atoms with Crippen molar-refractivity contribution in [3.05, 3.63) is 29.0 Å². The SMILES string of the molecule is CCN(CCC(N)=NO)C(=O)c1ccncc1Cl. The number of rotatable bonds is 5. The average molecular weight is 271 g/mol. The number of amides is 1. The monoisotopic (exact) mass is 270 g/mol. The number of carbonyl (C=O) groups is 1. The zero-order chi connectivity index (χ0) is 13.5. The second kappa shape index (κ2) is 6.80. The molecule has 3 N–H and O–H groups in total. The van der Waals surface area contributed by atoms with Gasteiger partial charge in [0.1, 0.15) is 5.84 Å². The number of amidine groups is 1. The summed E-state index contributed by atoms with van der Waals surface area (Å²) in [5.41, 5.74) is 5.77. The highest BCUT2D eigenvalue weighted by atomic mass is 35.5. The molecule has 0 spiro atoms. The molecule has 0 aliphatic carbocycles. The minimum absolute atomic E-state index is 0.0853. The molecule has 98 valence electrons. The number of hydrogen-bond donors (Lipinski definition) is 2. The van der Waals surface area contributed by atoms with Crippen LogP contribution in [0.2, 0.25) is 5.02 Å². The molecule has 6 nitrogen and oxygen atoms in total. The van der Waals surface area contributed by atoms with E-state index in [0.717, 1.165) is 0 Å². The summed E-state index contributed by atoms with van der Waals surface area (Å²) in [7, 11) is 0. The van der Waals surface area contributed by atoms with E-state index in [-0.39, 0.29) is 11.7 Å². The van der Waals surface area contributed by atoms with E-state index < -0.39 is 0 Å². The van der Waals surface area contributed by atoms with E-state index >= 15 is 0 Å². The lowest BCUT2D eigenvalue weighted by Crippen LogP contribution is -2.34. The van der Waals surface area contributed by atoms with Crippen molar-refractivity contribution in [1.29, 1.82) is 0 Å². The van der Waals surface area contributed by atoms with E-state index in [9.17, 15) is 4.79 Å². The van der Waals surface area contributed by atoms with Crippen molar-refractivity contribution in [3.63, 3.8) is 0 Å². The maximum absolute atomic E-state index is 12.2. The quantitative estimate of drug-likeness (QED) is 0.365. The zero-order valence-electron chi connectivity index (χ0n) is 10.0. The lowest BCUT2D eigenvalue weighted by molar-refractivity contribution is 0.0768. The summed E-state index contributed by atoms with van der Waals surface area (Å²) in [6, 6.07) is 1.57. The summed E-state index contributed by atoms with van der Waals surface area (Å²) >= 11 is 5.91. The molecule has 0 radical (unpaired) electrons. The molecular weight excluding hydrogens is 256 g/mol. The number of hydrogen-bond acceptors (Lipinski definition) is 4. The van der Waals surface area contributed by atoms with Gasteiger partial charge in [0, 0.05) is 31.9 Å². The van der Waals surface area contributed by atoms with Gasteiger partial charge in [-0.15, -0.1) is 0 Å². The smallest absolute Gasteiger partial charge is 0.255 e. The van der Waals surface area contributed by atoms with E-state index in [1.54, 1.807) is 11.0 Å². The van der Waals surface area contributed by atoms with Gasteiger partial charge in [-0.1, -0.05) is 16.8 Å². The maximum atomic E-state index is 12.2. The first-order valence-corrected chi connectivity index (χ1v) is 5.83. The van der Waals surface area contributed by atoms with Gasteiger partial charge in [0.15, 0.2) is 0 Å². The van der Waals surface area contributed by atoms with Crippen molar-refractivity contribution in [2.24, 2.45) is 10.9 Å². The number of nitrogens with zero attached hydrogens (tertiary/aromatic N) is 3. The third kappa shape index (κ3) is 3.59. The molecule has 1 amide bonds. The summed E-state index contributed by atoms with van der Waals surface area (Å²) in [6.07, 6.45) is 3.24. The third-order valence-electron chi connectivity index (χ3n) is 2.44. The van der Waals surface area contributed by atoms with E-state index in [1.165, 1.54) is 12.4 Å². The molecule has 0 atom stereocenters. The molecule has 0 fully saturated rings. The maximum Gasteiger partial charge on any atom is 0.255 e. The number of nitrogens with two attached hydrogens (primary N) is 1. The Morgan fingerprint density at radius 3 is 2.94 bits per heavy atom. The highest BCUT2D eigenvalue weighted by molar-refractivity contribution is 6.33. The Labute approximate surface area is 110 Å². The first-order chi connectivity index (χ1) is 8.60. The van der Waals surface area contributed by atoms with Crippen LogP contribution in [0.15, 0.2) is 23.6 Å². The van der Waals surface area contributed by atoms with E-state index in [4.69, 9.17) is 22.5 Å². The summed E-state index contributed by atoms with van der Waals surface area (Å²) < 4.78 is 0. The highest BCUT2D eigenvalue weighted by Gasteiger charge is 2.17. The van der Waals surface area contributed by atoms with Crippen LogP contribution in [0.5, 0.6) is 0 Å². The van der Waals surface area contributed by atoms with Gasteiger partial charge in [-0.3, -0.25) is 9.78 Å². The van der Waals surface area contributed by atoms with Crippen molar-refractivity contribution < 1.29 is 10.0 Å². The summed E-state index contributed by atoms with van der Waals surface area (Å²) in [5, 5.41) is 11.6. The van der Waals surface area contributed by atoms with Crippen LogP contribution in [0.4, 0.5) is 0 Å². The highest BCUT2D eigenvalue weighted by Crippen LogP contribution is 2.15. The van der Waals surface area contributed by atoms with Crippen molar-refractivity contribution in [2.75, 3.05) is 13.1 Å². The number of pyridine rings is 1. The Hall–Kier alpha value is -1.82. The Morgan fingerprint density at radius 2 is 2.39 bits per heavy atom. The predicted octanol–water partition coefficient (Wildman–Crippen LogP) is 1.33. The molecule has 0 aliphatic rings. The molecule has 0 bridgehead atoms. The number of aromatic nitrogens is 1. The molecule has 18 heavy (non-hydrogen) atoms. The molecule has 0 unspecified atom stereocenters. The molecule has 1 aromatic heterocycles. The van der Waals surface area contributed by atoms with Gasteiger partial charge >= 0.3 is 0 Å². The van der Waals surface area contributed by atoms with Crippen LogP contribution in [0.25, 0.3) is 0 Å². The van der Waals surface area contributed by atoms with Gasteiger partial charge in [-0.2, -0.15) is 0 Å². The summed E-state index contributed by atoms with van der Waals surface area (Å²) in [4.78, 5) is 17.6. The molecule has 7 heteroatoms. The fourth-order valence-electron chi connectivity index (χ4n) is 1.42. The molecule has 1 aromatic rings. The lowest BCUT2D eigenvalue weighted by Gasteiger charge is -2.20. The molecule has 0 aliphatic heterocycles. The Balaban J connectivity index is 2.77. The van der Waals surface area contributed by atoms with Crippen LogP contribution in [-0.2, 0) is 0 Å². The second-order valence-electron chi connectivity index (χ2n) is 3.58. The van der Waals surface area contributed by atoms with Crippen LogP contribution in [-0.4, -0.2) is 39.9 Å². The minimum Gasteiger partial charge on any atom is -0.409 e. The van der Waals surface area contributed by atoms with Crippen LogP contribution in [0.3, 0.4) is 0 Å². The first-order valence-electron chi connectivity index (χ1n) is 5.45. The summed E-state index contributed by atoms with van der Waals surface area (Å²) in [5.74, 6) is -0.113. The molecule has 1 rings (SSSR count). The van der Waals surface area contributed by atoms with Crippen molar-refractivity contribution in [3.8, 4) is 0 Å². The molecule has 0 saturated carbocycles.